The fourth-order valence-corrected chi connectivity index (χ4v) is 3.91. The van der Waals surface area contributed by atoms with Crippen molar-refractivity contribution in [2.75, 3.05) is 0 Å². The van der Waals surface area contributed by atoms with Crippen LogP contribution < -0.4 is 0 Å². The summed E-state index contributed by atoms with van der Waals surface area (Å²) in [5.74, 6) is 0. The van der Waals surface area contributed by atoms with Crippen LogP contribution in [0.25, 0.3) is 5.65 Å². The largest absolute Gasteiger partial charge is 0.301 e. The highest BCUT2D eigenvalue weighted by Gasteiger charge is 2.40. The van der Waals surface area contributed by atoms with E-state index in [1.165, 1.54) is 23.5 Å². The zero-order chi connectivity index (χ0) is 13.1. The van der Waals surface area contributed by atoms with Gasteiger partial charge in [0.1, 0.15) is 5.65 Å². The third-order valence-electron chi connectivity index (χ3n) is 4.12. The molecule has 1 aliphatic carbocycles. The highest BCUT2D eigenvalue weighted by molar-refractivity contribution is 5.48. The number of nitrogens with zero attached hydrogens (tertiary/aromatic N) is 2. The molecule has 3 rings (SSSR count). The van der Waals surface area contributed by atoms with Gasteiger partial charge in [0.05, 0.1) is 11.4 Å². The van der Waals surface area contributed by atoms with Gasteiger partial charge < -0.3 is 4.40 Å². The molecule has 0 amide bonds. The Morgan fingerprint density at radius 2 is 1.89 bits per heavy atom. The van der Waals surface area contributed by atoms with Crippen LogP contribution in [0.15, 0.2) is 18.2 Å². The Morgan fingerprint density at radius 3 is 2.61 bits per heavy atom. The summed E-state index contributed by atoms with van der Waals surface area (Å²) >= 11 is 0. The average Bonchev–Trinajstić information content (AvgIpc) is 2.54. The number of aryl methyl sites for hydroxylation is 1. The van der Waals surface area contributed by atoms with Crippen molar-refractivity contribution in [3.8, 4) is 0 Å². The van der Waals surface area contributed by atoms with E-state index < -0.39 is 0 Å². The molecule has 2 heterocycles. The Bertz CT molecular complexity index is 617. The van der Waals surface area contributed by atoms with Gasteiger partial charge in [0, 0.05) is 11.1 Å². The Hall–Kier alpha value is -1.31. The lowest BCUT2D eigenvalue weighted by Gasteiger charge is -2.40. The second kappa shape index (κ2) is 3.37. The molecule has 2 aromatic heterocycles. The Morgan fingerprint density at radius 1 is 1.17 bits per heavy atom. The molecule has 0 N–H and O–H groups in total. The molecule has 1 aliphatic rings. The van der Waals surface area contributed by atoms with E-state index in [0.29, 0.717) is 5.41 Å². The number of aromatic nitrogens is 2. The van der Waals surface area contributed by atoms with Crippen molar-refractivity contribution in [1.82, 2.24) is 9.38 Å². The van der Waals surface area contributed by atoms with Gasteiger partial charge in [0.15, 0.2) is 0 Å². The summed E-state index contributed by atoms with van der Waals surface area (Å²) in [6.45, 7) is 11.6. The molecule has 0 saturated heterocycles. The van der Waals surface area contributed by atoms with E-state index in [-0.39, 0.29) is 5.41 Å². The molecule has 2 heteroatoms. The fourth-order valence-electron chi connectivity index (χ4n) is 3.91. The molecule has 96 valence electrons. The van der Waals surface area contributed by atoms with Crippen LogP contribution in [-0.4, -0.2) is 9.38 Å². The van der Waals surface area contributed by atoms with Gasteiger partial charge in [0.25, 0.3) is 0 Å². The highest BCUT2D eigenvalue weighted by Crippen LogP contribution is 2.45. The summed E-state index contributed by atoms with van der Waals surface area (Å²) in [7, 11) is 0. The molecule has 0 bridgehead atoms. The van der Waals surface area contributed by atoms with E-state index in [9.17, 15) is 0 Å². The van der Waals surface area contributed by atoms with Gasteiger partial charge in [-0.15, -0.1) is 0 Å². The fraction of sp³-hybridized carbons (Fsp3) is 0.562. The predicted octanol–water partition coefficient (Wildman–Crippen LogP) is 3.89. The van der Waals surface area contributed by atoms with E-state index in [0.717, 1.165) is 12.1 Å². The van der Waals surface area contributed by atoms with Crippen molar-refractivity contribution in [2.24, 2.45) is 5.41 Å². The lowest BCUT2D eigenvalue weighted by Crippen LogP contribution is -2.35. The second-order valence-corrected chi connectivity index (χ2v) is 7.17. The van der Waals surface area contributed by atoms with E-state index in [1.807, 2.05) is 0 Å². The minimum Gasteiger partial charge on any atom is -0.301 e. The van der Waals surface area contributed by atoms with Crippen molar-refractivity contribution >= 4 is 5.65 Å². The van der Waals surface area contributed by atoms with E-state index in [1.54, 1.807) is 0 Å². The van der Waals surface area contributed by atoms with Crippen LogP contribution in [0.3, 0.4) is 0 Å². The quantitative estimate of drug-likeness (QED) is 0.685. The van der Waals surface area contributed by atoms with Crippen LogP contribution in [0.2, 0.25) is 0 Å². The van der Waals surface area contributed by atoms with Gasteiger partial charge in [-0.2, -0.15) is 0 Å². The molecular weight excluding hydrogens is 220 g/mol. The van der Waals surface area contributed by atoms with Gasteiger partial charge in [-0.05, 0) is 37.3 Å². The Labute approximate surface area is 109 Å². The molecule has 0 spiro atoms. The first-order chi connectivity index (χ1) is 8.30. The van der Waals surface area contributed by atoms with Gasteiger partial charge in [0.2, 0.25) is 0 Å². The minimum absolute atomic E-state index is 0.197. The number of imidazole rings is 1. The number of fused-ring (bicyclic) bond motifs is 3. The molecule has 2 aromatic rings. The van der Waals surface area contributed by atoms with E-state index in [4.69, 9.17) is 4.98 Å². The molecule has 0 unspecified atom stereocenters. The van der Waals surface area contributed by atoms with Crippen molar-refractivity contribution in [2.45, 2.75) is 52.9 Å². The summed E-state index contributed by atoms with van der Waals surface area (Å²) in [5, 5.41) is 0. The number of hydrogen-bond donors (Lipinski definition) is 0. The summed E-state index contributed by atoms with van der Waals surface area (Å²) in [5.41, 5.74) is 5.66. The standard InChI is InChI=1S/C16H22N2/c1-11-7-6-8-13-17-12-9-15(2,3)10-16(4,5)14(12)18(11)13/h6-8H,9-10H2,1-5H3. The second-order valence-electron chi connectivity index (χ2n) is 7.17. The smallest absolute Gasteiger partial charge is 0.137 e. The molecule has 0 saturated carbocycles. The Balaban J connectivity index is 2.36. The van der Waals surface area contributed by atoms with Crippen molar-refractivity contribution in [3.05, 3.63) is 35.3 Å². The maximum absolute atomic E-state index is 4.87. The van der Waals surface area contributed by atoms with Crippen LogP contribution in [0, 0.1) is 12.3 Å². The minimum atomic E-state index is 0.197. The average molecular weight is 242 g/mol. The third-order valence-corrected chi connectivity index (χ3v) is 4.12. The van der Waals surface area contributed by atoms with Crippen LogP contribution in [-0.2, 0) is 11.8 Å². The van der Waals surface area contributed by atoms with Crippen molar-refractivity contribution in [3.63, 3.8) is 0 Å². The normalized spacial score (nSPS) is 20.9. The van der Waals surface area contributed by atoms with Crippen LogP contribution in [0.1, 0.15) is 51.2 Å². The van der Waals surface area contributed by atoms with Gasteiger partial charge in [-0.1, -0.05) is 33.8 Å². The summed E-state index contributed by atoms with van der Waals surface area (Å²) in [4.78, 5) is 4.87. The molecular formula is C16H22N2. The summed E-state index contributed by atoms with van der Waals surface area (Å²) in [6, 6.07) is 6.39. The topological polar surface area (TPSA) is 17.3 Å². The lowest BCUT2D eigenvalue weighted by molar-refractivity contribution is 0.224. The molecule has 0 radical (unpaired) electrons. The maximum atomic E-state index is 4.87. The first kappa shape index (κ1) is 11.8. The highest BCUT2D eigenvalue weighted by atomic mass is 15.0. The summed E-state index contributed by atoms with van der Waals surface area (Å²) in [6.07, 6.45) is 2.31. The third kappa shape index (κ3) is 1.58. The van der Waals surface area contributed by atoms with Gasteiger partial charge in [-0.3, -0.25) is 0 Å². The van der Waals surface area contributed by atoms with Crippen LogP contribution in [0.4, 0.5) is 0 Å². The molecule has 0 atom stereocenters. The predicted molar refractivity (Wildman–Crippen MR) is 75.1 cm³/mol. The zero-order valence-electron chi connectivity index (χ0n) is 12.0. The van der Waals surface area contributed by atoms with Gasteiger partial charge in [-0.25, -0.2) is 4.98 Å². The van der Waals surface area contributed by atoms with Crippen molar-refractivity contribution < 1.29 is 0 Å². The lowest BCUT2D eigenvalue weighted by atomic mass is 9.66. The first-order valence-electron chi connectivity index (χ1n) is 6.78. The summed E-state index contributed by atoms with van der Waals surface area (Å²) < 4.78 is 2.35. The molecule has 0 aromatic carbocycles. The molecule has 0 fully saturated rings. The monoisotopic (exact) mass is 242 g/mol. The first-order valence-corrected chi connectivity index (χ1v) is 6.78. The van der Waals surface area contributed by atoms with Gasteiger partial charge >= 0.3 is 0 Å². The van der Waals surface area contributed by atoms with Crippen LogP contribution in [0.5, 0.6) is 0 Å². The molecule has 2 nitrogen and oxygen atoms in total. The van der Waals surface area contributed by atoms with E-state index in [2.05, 4.69) is 57.2 Å². The maximum Gasteiger partial charge on any atom is 0.137 e. The number of pyridine rings is 1. The number of hydrogen-bond acceptors (Lipinski definition) is 1. The molecule has 18 heavy (non-hydrogen) atoms. The van der Waals surface area contributed by atoms with E-state index >= 15 is 0 Å². The number of rotatable bonds is 0. The Kier molecular flexibility index (Phi) is 2.20. The van der Waals surface area contributed by atoms with Crippen molar-refractivity contribution in [1.29, 1.82) is 0 Å². The SMILES string of the molecule is Cc1cccc2nc3c(n12)C(C)(C)CC(C)(C)C3. The van der Waals surface area contributed by atoms with Crippen LogP contribution >= 0.6 is 0 Å². The zero-order valence-corrected chi connectivity index (χ0v) is 12.0. The molecule has 0 aliphatic heterocycles.